The van der Waals surface area contributed by atoms with Crippen LogP contribution in [0.25, 0.3) is 0 Å². The van der Waals surface area contributed by atoms with Gasteiger partial charge in [0, 0.05) is 0 Å². The fourth-order valence-corrected chi connectivity index (χ4v) is 8.52. The Kier molecular flexibility index (Phi) is 4.19. The van der Waals surface area contributed by atoms with Crippen LogP contribution >= 0.6 is 0 Å². The Labute approximate surface area is 87.2 Å². The van der Waals surface area contributed by atoms with Gasteiger partial charge in [-0.1, -0.05) is 39.3 Å². The third-order valence-corrected chi connectivity index (χ3v) is 7.56. The highest BCUT2D eigenvalue weighted by Gasteiger charge is 2.53. The zero-order chi connectivity index (χ0) is 11.8. The minimum Gasteiger partial charge on any atom is -0.283 e. The van der Waals surface area contributed by atoms with E-state index in [1.807, 2.05) is 19.6 Å². The molecule has 0 spiro atoms. The van der Waals surface area contributed by atoms with E-state index in [9.17, 15) is 12.3 Å². The molecule has 0 radical (unpaired) electrons. The first-order valence-corrected chi connectivity index (χ1v) is 13.0. The fraction of sp³-hybridized carbons (Fsp3) is 1.00. The van der Waals surface area contributed by atoms with E-state index in [1.54, 1.807) is 19.6 Å². The van der Waals surface area contributed by atoms with Gasteiger partial charge in [0.25, 0.3) is 0 Å². The molecule has 0 aromatic carbocycles. The van der Waals surface area contributed by atoms with Gasteiger partial charge in [0.05, 0.1) is 0 Å². The van der Waals surface area contributed by atoms with Crippen LogP contribution in [0.15, 0.2) is 0 Å². The maximum atomic E-state index is 12.8. The molecule has 0 aromatic rings. The fourth-order valence-electron chi connectivity index (χ4n) is 0.947. The Hall–Kier alpha value is 0.361. The second kappa shape index (κ2) is 4.08. The average Bonchev–Trinajstić information content (AvgIpc) is 1.75. The molecule has 0 rings (SSSR count). The summed E-state index contributed by atoms with van der Waals surface area (Å²) in [6.07, 6.45) is 0. The van der Waals surface area contributed by atoms with E-state index < -0.39 is 25.7 Å². The normalized spacial score (nSPS) is 15.0. The Balaban J connectivity index is 4.78. The molecule has 0 heterocycles. The zero-order valence-electron chi connectivity index (χ0n) is 9.58. The third kappa shape index (κ3) is 5.29. The molecule has 2 nitrogen and oxygen atoms in total. The van der Waals surface area contributed by atoms with Crippen molar-refractivity contribution in [1.82, 2.24) is 9.43 Å². The summed E-state index contributed by atoms with van der Waals surface area (Å²) in [7, 11) is -9.97. The van der Waals surface area contributed by atoms with Gasteiger partial charge in [-0.15, -0.1) is 0 Å². The predicted molar refractivity (Wildman–Crippen MR) is 60.7 cm³/mol. The first kappa shape index (κ1) is 14.4. The highest BCUT2D eigenvalue weighted by Crippen LogP contribution is 2.22. The van der Waals surface area contributed by atoms with Crippen LogP contribution in [0.1, 0.15) is 0 Å². The zero-order valence-corrected chi connectivity index (χ0v) is 12.6. The Morgan fingerprint density at radius 2 is 1.21 bits per heavy atom. The van der Waals surface area contributed by atoms with Crippen molar-refractivity contribution in [1.29, 1.82) is 0 Å². The highest BCUT2D eigenvalue weighted by molar-refractivity contribution is 6.85. The molecule has 0 atom stereocenters. The van der Waals surface area contributed by atoms with Gasteiger partial charge in [0.2, 0.25) is 0 Å². The Morgan fingerprint density at radius 3 is 1.29 bits per heavy atom. The van der Waals surface area contributed by atoms with Crippen LogP contribution in [0, 0.1) is 0 Å². The second-order valence-electron chi connectivity index (χ2n) is 5.34. The van der Waals surface area contributed by atoms with E-state index in [2.05, 4.69) is 5.09 Å². The summed E-state index contributed by atoms with van der Waals surface area (Å²) in [5.74, 6) is 0. The molecule has 0 saturated carbocycles. The van der Waals surface area contributed by atoms with Gasteiger partial charge in [-0.2, -0.15) is 0 Å². The van der Waals surface area contributed by atoms with Gasteiger partial charge in [-0.3, -0.25) is 5.09 Å². The van der Waals surface area contributed by atoms with E-state index >= 15 is 0 Å². The second-order valence-corrected chi connectivity index (χ2v) is 16.7. The van der Waals surface area contributed by atoms with Gasteiger partial charge < -0.3 is 0 Å². The van der Waals surface area contributed by atoms with E-state index in [1.165, 1.54) is 0 Å². The lowest BCUT2D eigenvalue weighted by molar-refractivity contribution is 0.334. The maximum Gasteiger partial charge on any atom is 0.725 e. The van der Waals surface area contributed by atoms with Gasteiger partial charge >= 0.3 is 9.24 Å². The van der Waals surface area contributed by atoms with E-state index in [0.717, 1.165) is 0 Å². The van der Waals surface area contributed by atoms with Gasteiger partial charge in [0.15, 0.2) is 0 Å². The molecule has 0 fully saturated rings. The average molecular weight is 260 g/mol. The number of nitrogens with zero attached hydrogens (tertiary/aromatic N) is 1. The largest absolute Gasteiger partial charge is 0.725 e. The standard InChI is InChI=1S/C6H19F3N2Si3/c1-12(2,3)10-11(13(4,5)6)14(7,8)9/h10H,1-6H3. The van der Waals surface area contributed by atoms with Crippen molar-refractivity contribution < 1.29 is 12.3 Å². The van der Waals surface area contributed by atoms with Crippen molar-refractivity contribution in [2.45, 2.75) is 39.3 Å². The first-order chi connectivity index (χ1) is 5.84. The van der Waals surface area contributed by atoms with Crippen molar-refractivity contribution in [3.8, 4) is 0 Å². The number of rotatable bonds is 4. The molecule has 0 aliphatic rings. The van der Waals surface area contributed by atoms with Crippen LogP contribution in [-0.2, 0) is 0 Å². The molecule has 0 amide bonds. The summed E-state index contributed by atoms with van der Waals surface area (Å²) in [5, 5.41) is 2.71. The molecule has 0 aliphatic heterocycles. The lowest BCUT2D eigenvalue weighted by Gasteiger charge is -2.38. The molecule has 0 bridgehead atoms. The summed E-state index contributed by atoms with van der Waals surface area (Å²) in [6, 6.07) is 0. The van der Waals surface area contributed by atoms with E-state index in [0.29, 0.717) is 4.34 Å². The first-order valence-electron chi connectivity index (χ1n) is 4.49. The van der Waals surface area contributed by atoms with Crippen LogP contribution in [-0.4, -0.2) is 30.0 Å². The predicted octanol–water partition coefficient (Wildman–Crippen LogP) is 2.81. The maximum absolute atomic E-state index is 12.8. The molecule has 86 valence electrons. The number of halogens is 3. The van der Waals surface area contributed by atoms with Gasteiger partial charge in [0.1, 0.15) is 16.5 Å². The SMILES string of the molecule is C[Si](C)(C)NN([Si](C)(C)C)[Si](F)(F)F. The van der Waals surface area contributed by atoms with Crippen LogP contribution in [0.3, 0.4) is 0 Å². The Morgan fingerprint density at radius 1 is 0.857 bits per heavy atom. The number of nitrogens with one attached hydrogen (secondary N) is 1. The molecule has 0 unspecified atom stereocenters. The third-order valence-electron chi connectivity index (χ3n) is 1.37. The quantitative estimate of drug-likeness (QED) is 0.475. The van der Waals surface area contributed by atoms with Crippen LogP contribution in [0.2, 0.25) is 39.3 Å². The van der Waals surface area contributed by atoms with Crippen LogP contribution in [0.4, 0.5) is 12.3 Å². The molecular weight excluding hydrogens is 241 g/mol. The number of hydrogen-bond donors (Lipinski definition) is 1. The van der Waals surface area contributed by atoms with Gasteiger partial charge in [-0.05, 0) is 0 Å². The van der Waals surface area contributed by atoms with Crippen molar-refractivity contribution in [2.24, 2.45) is 0 Å². The molecule has 0 aromatic heterocycles. The molecule has 0 saturated heterocycles. The summed E-state index contributed by atoms with van der Waals surface area (Å²) >= 11 is 0. The minimum absolute atomic E-state index is 0.673. The van der Waals surface area contributed by atoms with E-state index in [-0.39, 0.29) is 0 Å². The summed E-state index contributed by atoms with van der Waals surface area (Å²) in [5.41, 5.74) is 0. The van der Waals surface area contributed by atoms with Crippen molar-refractivity contribution in [3.63, 3.8) is 0 Å². The topological polar surface area (TPSA) is 15.3 Å². The molecule has 0 aliphatic carbocycles. The molecule has 14 heavy (non-hydrogen) atoms. The molecular formula is C6H19F3N2Si3. The summed E-state index contributed by atoms with van der Waals surface area (Å²) in [4.78, 5) is 0. The van der Waals surface area contributed by atoms with Crippen LogP contribution in [0.5, 0.6) is 0 Å². The van der Waals surface area contributed by atoms with E-state index in [4.69, 9.17) is 0 Å². The van der Waals surface area contributed by atoms with Gasteiger partial charge in [-0.25, -0.2) is 16.7 Å². The number of hydrogen-bond acceptors (Lipinski definition) is 2. The number of hydrazine groups is 1. The lowest BCUT2D eigenvalue weighted by Crippen LogP contribution is -2.69. The highest BCUT2D eigenvalue weighted by atomic mass is 28.5. The minimum atomic E-state index is -5.71. The summed E-state index contributed by atoms with van der Waals surface area (Å²) in [6.45, 7) is 10.8. The van der Waals surface area contributed by atoms with Crippen molar-refractivity contribution in [2.75, 3.05) is 0 Å². The van der Waals surface area contributed by atoms with Crippen molar-refractivity contribution in [3.05, 3.63) is 0 Å². The molecule has 8 heteroatoms. The lowest BCUT2D eigenvalue weighted by atomic mass is 11.8. The van der Waals surface area contributed by atoms with Crippen molar-refractivity contribution >= 4 is 25.7 Å². The summed E-state index contributed by atoms with van der Waals surface area (Å²) < 4.78 is 39.1. The van der Waals surface area contributed by atoms with Crippen LogP contribution < -0.4 is 5.09 Å². The Bertz CT molecular complexity index is 180. The monoisotopic (exact) mass is 260 g/mol. The smallest absolute Gasteiger partial charge is 0.283 e. The molecule has 1 N–H and O–H groups in total.